The molecule has 2 aromatic carbocycles. The third kappa shape index (κ3) is 3.32. The summed E-state index contributed by atoms with van der Waals surface area (Å²) in [7, 11) is 1.61. The first kappa shape index (κ1) is 13.5. The number of ether oxygens (including phenoxy) is 1. The van der Waals surface area contributed by atoms with E-state index in [4.69, 9.17) is 4.74 Å². The molecule has 0 amide bonds. The Labute approximate surface area is 119 Å². The molecule has 4 nitrogen and oxygen atoms in total. The largest absolute Gasteiger partial charge is 0.508 e. The van der Waals surface area contributed by atoms with Crippen LogP contribution in [0.25, 0.3) is 0 Å². The molecule has 0 aromatic heterocycles. The zero-order valence-electron chi connectivity index (χ0n) is 10.4. The highest BCUT2D eigenvalue weighted by Gasteiger charge is 2.04. The smallest absolute Gasteiger partial charge is 0.133 e. The lowest BCUT2D eigenvalue weighted by molar-refractivity contribution is 0.412. The maximum Gasteiger partial charge on any atom is 0.133 e. The van der Waals surface area contributed by atoms with Crippen LogP contribution in [0.1, 0.15) is 5.56 Å². The van der Waals surface area contributed by atoms with E-state index in [1.807, 2.05) is 18.2 Å². The molecule has 2 aromatic rings. The average Bonchev–Trinajstić information content (AvgIpc) is 2.38. The van der Waals surface area contributed by atoms with Crippen LogP contribution in [0.5, 0.6) is 17.2 Å². The van der Waals surface area contributed by atoms with E-state index in [1.54, 1.807) is 19.2 Å². The van der Waals surface area contributed by atoms with E-state index >= 15 is 0 Å². The molecule has 0 atom stereocenters. The SMILES string of the molecule is COc1ccc(NCc2ccc(O)cc2O)cc1Br. The monoisotopic (exact) mass is 323 g/mol. The van der Waals surface area contributed by atoms with Gasteiger partial charge in [0.05, 0.1) is 11.6 Å². The lowest BCUT2D eigenvalue weighted by atomic mass is 10.2. The van der Waals surface area contributed by atoms with Gasteiger partial charge >= 0.3 is 0 Å². The maximum absolute atomic E-state index is 9.68. The highest BCUT2D eigenvalue weighted by atomic mass is 79.9. The van der Waals surface area contributed by atoms with Crippen LogP contribution in [0.3, 0.4) is 0 Å². The van der Waals surface area contributed by atoms with Crippen LogP contribution in [0, 0.1) is 0 Å². The van der Waals surface area contributed by atoms with Crippen molar-refractivity contribution in [3.05, 3.63) is 46.4 Å². The predicted octanol–water partition coefficient (Wildman–Crippen LogP) is 3.48. The van der Waals surface area contributed by atoms with Gasteiger partial charge in [-0.1, -0.05) is 0 Å². The molecule has 0 aliphatic carbocycles. The Balaban J connectivity index is 2.08. The first-order chi connectivity index (χ1) is 9.10. The van der Waals surface area contributed by atoms with Crippen LogP contribution in [0.4, 0.5) is 5.69 Å². The van der Waals surface area contributed by atoms with Gasteiger partial charge in [0, 0.05) is 23.9 Å². The molecule has 0 unspecified atom stereocenters. The topological polar surface area (TPSA) is 61.7 Å². The van der Waals surface area contributed by atoms with Gasteiger partial charge in [0.2, 0.25) is 0 Å². The van der Waals surface area contributed by atoms with E-state index in [0.29, 0.717) is 12.1 Å². The van der Waals surface area contributed by atoms with Crippen molar-refractivity contribution >= 4 is 21.6 Å². The number of phenolic OH excluding ortho intramolecular Hbond substituents is 2. The fourth-order valence-corrected chi connectivity index (χ4v) is 2.22. The van der Waals surface area contributed by atoms with Crippen LogP contribution >= 0.6 is 15.9 Å². The second-order valence-electron chi connectivity index (χ2n) is 4.02. The molecule has 3 N–H and O–H groups in total. The van der Waals surface area contributed by atoms with Crippen molar-refractivity contribution in [2.24, 2.45) is 0 Å². The highest BCUT2D eigenvalue weighted by molar-refractivity contribution is 9.10. The van der Waals surface area contributed by atoms with Crippen LogP contribution in [-0.2, 0) is 6.54 Å². The van der Waals surface area contributed by atoms with Crippen molar-refractivity contribution in [2.75, 3.05) is 12.4 Å². The maximum atomic E-state index is 9.68. The Morgan fingerprint density at radius 1 is 1.16 bits per heavy atom. The molecule has 0 saturated carbocycles. The first-order valence-corrected chi connectivity index (χ1v) is 6.47. The molecule has 0 fully saturated rings. The van der Waals surface area contributed by atoms with Gasteiger partial charge in [0.15, 0.2) is 0 Å². The average molecular weight is 324 g/mol. The summed E-state index contributed by atoms with van der Waals surface area (Å²) < 4.78 is 6.01. The van der Waals surface area contributed by atoms with Gasteiger partial charge in [-0.25, -0.2) is 0 Å². The van der Waals surface area contributed by atoms with E-state index in [-0.39, 0.29) is 11.5 Å². The fraction of sp³-hybridized carbons (Fsp3) is 0.143. The number of phenols is 2. The van der Waals surface area contributed by atoms with Crippen molar-refractivity contribution in [3.8, 4) is 17.2 Å². The van der Waals surface area contributed by atoms with E-state index in [9.17, 15) is 10.2 Å². The third-order valence-electron chi connectivity index (χ3n) is 2.70. The molecule has 0 radical (unpaired) electrons. The molecule has 0 aliphatic rings. The zero-order valence-corrected chi connectivity index (χ0v) is 11.9. The lowest BCUT2D eigenvalue weighted by Crippen LogP contribution is -1.99. The van der Waals surface area contributed by atoms with E-state index < -0.39 is 0 Å². The van der Waals surface area contributed by atoms with Gasteiger partial charge in [0.25, 0.3) is 0 Å². The molecule has 0 bridgehead atoms. The third-order valence-corrected chi connectivity index (χ3v) is 3.32. The minimum absolute atomic E-state index is 0.0495. The molecule has 0 spiro atoms. The molecule has 100 valence electrons. The normalized spacial score (nSPS) is 10.2. The fourth-order valence-electron chi connectivity index (χ4n) is 1.68. The second-order valence-corrected chi connectivity index (χ2v) is 4.87. The minimum atomic E-state index is 0.0495. The van der Waals surface area contributed by atoms with Crippen molar-refractivity contribution in [2.45, 2.75) is 6.54 Å². The predicted molar refractivity (Wildman–Crippen MR) is 77.8 cm³/mol. The molecule has 5 heteroatoms. The molecule has 0 saturated heterocycles. The minimum Gasteiger partial charge on any atom is -0.508 e. The highest BCUT2D eigenvalue weighted by Crippen LogP contribution is 2.28. The number of benzene rings is 2. The Morgan fingerprint density at radius 3 is 2.58 bits per heavy atom. The number of hydrogen-bond acceptors (Lipinski definition) is 4. The van der Waals surface area contributed by atoms with Crippen molar-refractivity contribution in [3.63, 3.8) is 0 Å². The molecule has 2 rings (SSSR count). The summed E-state index contributed by atoms with van der Waals surface area (Å²) >= 11 is 3.41. The number of aromatic hydroxyl groups is 2. The molecule has 0 aliphatic heterocycles. The van der Waals surface area contributed by atoms with Crippen LogP contribution < -0.4 is 10.1 Å². The number of rotatable bonds is 4. The summed E-state index contributed by atoms with van der Waals surface area (Å²) in [5, 5.41) is 22.1. The van der Waals surface area contributed by atoms with Gasteiger partial charge < -0.3 is 20.3 Å². The number of nitrogens with one attached hydrogen (secondary N) is 1. The summed E-state index contributed by atoms with van der Waals surface area (Å²) in [6, 6.07) is 10.2. The van der Waals surface area contributed by atoms with Crippen LogP contribution in [0.2, 0.25) is 0 Å². The standard InChI is InChI=1S/C14H14BrNO3/c1-19-14-5-3-10(6-12(14)15)16-8-9-2-4-11(17)7-13(9)18/h2-7,16-18H,8H2,1H3. The van der Waals surface area contributed by atoms with E-state index in [2.05, 4.69) is 21.2 Å². The zero-order chi connectivity index (χ0) is 13.8. The molecule has 19 heavy (non-hydrogen) atoms. The molecular weight excluding hydrogens is 310 g/mol. The Morgan fingerprint density at radius 2 is 1.95 bits per heavy atom. The summed E-state index contributed by atoms with van der Waals surface area (Å²) in [6.07, 6.45) is 0. The van der Waals surface area contributed by atoms with Gasteiger partial charge in [0.1, 0.15) is 17.2 Å². The van der Waals surface area contributed by atoms with Crippen molar-refractivity contribution in [1.29, 1.82) is 0 Å². The van der Waals surface area contributed by atoms with Crippen LogP contribution in [-0.4, -0.2) is 17.3 Å². The quantitative estimate of drug-likeness (QED) is 0.806. The number of halogens is 1. The number of methoxy groups -OCH3 is 1. The van der Waals surface area contributed by atoms with Gasteiger partial charge in [-0.3, -0.25) is 0 Å². The number of anilines is 1. The summed E-state index contributed by atoms with van der Waals surface area (Å²) in [6.45, 7) is 0.463. The van der Waals surface area contributed by atoms with Crippen molar-refractivity contribution < 1.29 is 14.9 Å². The molecule has 0 heterocycles. The van der Waals surface area contributed by atoms with E-state index in [1.165, 1.54) is 6.07 Å². The van der Waals surface area contributed by atoms with Crippen molar-refractivity contribution in [1.82, 2.24) is 0 Å². The Bertz CT molecular complexity index is 587. The summed E-state index contributed by atoms with van der Waals surface area (Å²) in [5.41, 5.74) is 1.62. The Hall–Kier alpha value is -1.88. The molecular formula is C14H14BrNO3. The second kappa shape index (κ2) is 5.84. The van der Waals surface area contributed by atoms with Gasteiger partial charge in [-0.2, -0.15) is 0 Å². The number of hydrogen-bond donors (Lipinski definition) is 3. The Kier molecular flexibility index (Phi) is 4.16. The first-order valence-electron chi connectivity index (χ1n) is 5.68. The van der Waals surface area contributed by atoms with Gasteiger partial charge in [-0.05, 0) is 46.3 Å². The summed E-state index contributed by atoms with van der Waals surface area (Å²) in [4.78, 5) is 0. The van der Waals surface area contributed by atoms with E-state index in [0.717, 1.165) is 15.9 Å². The summed E-state index contributed by atoms with van der Waals surface area (Å²) in [5.74, 6) is 0.881. The van der Waals surface area contributed by atoms with Crippen LogP contribution in [0.15, 0.2) is 40.9 Å². The lowest BCUT2D eigenvalue weighted by Gasteiger charge is -2.10. The van der Waals surface area contributed by atoms with Gasteiger partial charge in [-0.15, -0.1) is 0 Å².